The van der Waals surface area contributed by atoms with Crippen molar-refractivity contribution in [1.29, 1.82) is 0 Å². The molecule has 0 saturated carbocycles. The van der Waals surface area contributed by atoms with Crippen LogP contribution in [0.1, 0.15) is 27.0 Å². The molecule has 3 heteroatoms. The summed E-state index contributed by atoms with van der Waals surface area (Å²) in [6.07, 6.45) is 0.709. The van der Waals surface area contributed by atoms with Crippen molar-refractivity contribution < 1.29 is 14.6 Å². The van der Waals surface area contributed by atoms with Gasteiger partial charge in [-0.3, -0.25) is 4.79 Å². The smallest absolute Gasteiger partial charge is 0.154 e. The number of hydrogen-bond donors (Lipinski definition) is 1. The number of carbonyl (C=O) groups excluding carboxylic acids is 1. The fourth-order valence-electron chi connectivity index (χ4n) is 1.53. The van der Waals surface area contributed by atoms with E-state index in [9.17, 15) is 9.90 Å². The van der Waals surface area contributed by atoms with E-state index in [1.807, 2.05) is 6.92 Å². The highest BCUT2D eigenvalue weighted by Gasteiger charge is 2.16. The minimum Gasteiger partial charge on any atom is -0.507 e. The maximum atomic E-state index is 10.8. The number of rotatable bonds is 2. The average molecular weight is 194 g/mol. The summed E-state index contributed by atoms with van der Waals surface area (Å²) in [6, 6.07) is 0. The lowest BCUT2D eigenvalue weighted by atomic mass is 9.98. The van der Waals surface area contributed by atoms with Crippen molar-refractivity contribution in [2.75, 3.05) is 7.11 Å². The van der Waals surface area contributed by atoms with Crippen molar-refractivity contribution in [1.82, 2.24) is 0 Å². The number of ether oxygens (including phenoxy) is 1. The van der Waals surface area contributed by atoms with E-state index in [0.717, 1.165) is 11.1 Å². The third-order valence-electron chi connectivity index (χ3n) is 2.58. The average Bonchev–Trinajstić information content (AvgIpc) is 2.20. The van der Waals surface area contributed by atoms with E-state index in [-0.39, 0.29) is 5.75 Å². The Bertz CT molecular complexity index is 381. The monoisotopic (exact) mass is 194 g/mol. The maximum absolute atomic E-state index is 10.8. The minimum absolute atomic E-state index is 0.172. The molecule has 0 atom stereocenters. The molecule has 0 unspecified atom stereocenters. The quantitative estimate of drug-likeness (QED) is 0.734. The van der Waals surface area contributed by atoms with Crippen LogP contribution in [0.2, 0.25) is 0 Å². The molecule has 76 valence electrons. The fourth-order valence-corrected chi connectivity index (χ4v) is 1.53. The summed E-state index contributed by atoms with van der Waals surface area (Å²) in [5.74, 6) is 0.721. The van der Waals surface area contributed by atoms with Gasteiger partial charge in [-0.15, -0.1) is 0 Å². The van der Waals surface area contributed by atoms with Gasteiger partial charge in [0.25, 0.3) is 0 Å². The van der Waals surface area contributed by atoms with Crippen LogP contribution < -0.4 is 4.74 Å². The molecular formula is C11H14O3. The van der Waals surface area contributed by atoms with Crippen molar-refractivity contribution in [2.24, 2.45) is 0 Å². The molecule has 1 rings (SSSR count). The number of aromatic hydroxyl groups is 1. The van der Waals surface area contributed by atoms with Crippen LogP contribution in [0.25, 0.3) is 0 Å². The molecular weight excluding hydrogens is 180 g/mol. The Labute approximate surface area is 83.3 Å². The predicted octanol–water partition coefficient (Wildman–Crippen LogP) is 2.14. The summed E-state index contributed by atoms with van der Waals surface area (Å²) < 4.78 is 5.14. The lowest BCUT2D eigenvalue weighted by molar-refractivity contribution is 0.111. The summed E-state index contributed by atoms with van der Waals surface area (Å²) >= 11 is 0. The van der Waals surface area contributed by atoms with Crippen molar-refractivity contribution in [3.8, 4) is 11.5 Å². The minimum atomic E-state index is 0.172. The number of hydrogen-bond acceptors (Lipinski definition) is 3. The first-order chi connectivity index (χ1) is 6.54. The van der Waals surface area contributed by atoms with E-state index >= 15 is 0 Å². The van der Waals surface area contributed by atoms with E-state index in [2.05, 4.69) is 0 Å². The standard InChI is InChI=1S/C11H14O3/c1-6-7(2)11(14-4)9(5-12)8(3)10(6)13/h5,13H,1-4H3. The van der Waals surface area contributed by atoms with Gasteiger partial charge in [0, 0.05) is 5.56 Å². The number of methoxy groups -OCH3 is 1. The second-order valence-electron chi connectivity index (χ2n) is 3.29. The third-order valence-corrected chi connectivity index (χ3v) is 2.58. The molecule has 1 N–H and O–H groups in total. The van der Waals surface area contributed by atoms with Gasteiger partial charge in [0.2, 0.25) is 0 Å². The van der Waals surface area contributed by atoms with E-state index in [4.69, 9.17) is 4.74 Å². The molecule has 0 spiro atoms. The Hall–Kier alpha value is -1.51. The molecule has 0 heterocycles. The molecule has 0 aromatic heterocycles. The zero-order valence-corrected chi connectivity index (χ0v) is 8.84. The Balaban J connectivity index is 3.65. The molecule has 0 saturated heterocycles. The molecule has 3 nitrogen and oxygen atoms in total. The third kappa shape index (κ3) is 1.35. The Morgan fingerprint density at radius 2 is 1.71 bits per heavy atom. The molecule has 0 aliphatic rings. The molecule has 1 aromatic carbocycles. The Morgan fingerprint density at radius 1 is 1.14 bits per heavy atom. The summed E-state index contributed by atoms with van der Waals surface area (Å²) in [4.78, 5) is 10.8. The van der Waals surface area contributed by atoms with E-state index < -0.39 is 0 Å². The van der Waals surface area contributed by atoms with Crippen molar-refractivity contribution in [3.63, 3.8) is 0 Å². The first kappa shape index (κ1) is 10.6. The van der Waals surface area contributed by atoms with Gasteiger partial charge >= 0.3 is 0 Å². The zero-order valence-electron chi connectivity index (χ0n) is 8.84. The van der Waals surface area contributed by atoms with Gasteiger partial charge < -0.3 is 9.84 Å². The van der Waals surface area contributed by atoms with Crippen LogP contribution in [0.15, 0.2) is 0 Å². The zero-order chi connectivity index (χ0) is 10.9. The highest BCUT2D eigenvalue weighted by atomic mass is 16.5. The number of benzene rings is 1. The molecule has 0 aliphatic heterocycles. The Kier molecular flexibility index (Phi) is 2.79. The Morgan fingerprint density at radius 3 is 2.14 bits per heavy atom. The summed E-state index contributed by atoms with van der Waals surface area (Å²) in [5.41, 5.74) is 2.55. The van der Waals surface area contributed by atoms with Crippen LogP contribution in [-0.2, 0) is 0 Å². The van der Waals surface area contributed by atoms with Gasteiger partial charge in [-0.05, 0) is 31.9 Å². The number of phenols is 1. The van der Waals surface area contributed by atoms with Gasteiger partial charge in [-0.1, -0.05) is 0 Å². The van der Waals surface area contributed by atoms with Gasteiger partial charge in [0.05, 0.1) is 12.7 Å². The summed E-state index contributed by atoms with van der Waals surface area (Å²) in [5, 5.41) is 9.70. The van der Waals surface area contributed by atoms with Gasteiger partial charge in [0.1, 0.15) is 11.5 Å². The molecule has 0 aliphatic carbocycles. The van der Waals surface area contributed by atoms with E-state index in [1.54, 1.807) is 13.8 Å². The fraction of sp³-hybridized carbons (Fsp3) is 0.364. The van der Waals surface area contributed by atoms with Gasteiger partial charge in [-0.25, -0.2) is 0 Å². The number of carbonyl (C=O) groups is 1. The second-order valence-corrected chi connectivity index (χ2v) is 3.29. The number of aldehydes is 1. The largest absolute Gasteiger partial charge is 0.507 e. The van der Waals surface area contributed by atoms with Gasteiger partial charge in [0.15, 0.2) is 6.29 Å². The van der Waals surface area contributed by atoms with Crippen LogP contribution in [-0.4, -0.2) is 18.5 Å². The highest BCUT2D eigenvalue weighted by Crippen LogP contribution is 2.35. The van der Waals surface area contributed by atoms with E-state index in [0.29, 0.717) is 23.2 Å². The SMILES string of the molecule is COc1c(C)c(C)c(O)c(C)c1C=O. The number of phenolic OH excluding ortho intramolecular Hbond substituents is 1. The summed E-state index contributed by atoms with van der Waals surface area (Å²) in [7, 11) is 1.52. The lowest BCUT2D eigenvalue weighted by Crippen LogP contribution is -1.99. The van der Waals surface area contributed by atoms with Crippen LogP contribution >= 0.6 is 0 Å². The van der Waals surface area contributed by atoms with Crippen molar-refractivity contribution >= 4 is 6.29 Å². The van der Waals surface area contributed by atoms with Crippen molar-refractivity contribution in [2.45, 2.75) is 20.8 Å². The molecule has 0 radical (unpaired) electrons. The topological polar surface area (TPSA) is 46.5 Å². The van der Waals surface area contributed by atoms with Crippen LogP contribution in [0.3, 0.4) is 0 Å². The molecule has 14 heavy (non-hydrogen) atoms. The van der Waals surface area contributed by atoms with Crippen LogP contribution in [0.5, 0.6) is 11.5 Å². The summed E-state index contributed by atoms with van der Waals surface area (Å²) in [6.45, 7) is 5.32. The second kappa shape index (κ2) is 3.70. The predicted molar refractivity (Wildman–Crippen MR) is 54.3 cm³/mol. The molecule has 0 amide bonds. The lowest BCUT2D eigenvalue weighted by Gasteiger charge is -2.14. The first-order valence-electron chi connectivity index (χ1n) is 4.36. The molecule has 1 aromatic rings. The van der Waals surface area contributed by atoms with Crippen LogP contribution in [0.4, 0.5) is 0 Å². The molecule has 0 bridgehead atoms. The van der Waals surface area contributed by atoms with Crippen molar-refractivity contribution in [3.05, 3.63) is 22.3 Å². The van der Waals surface area contributed by atoms with E-state index in [1.165, 1.54) is 7.11 Å². The first-order valence-corrected chi connectivity index (χ1v) is 4.36. The maximum Gasteiger partial charge on any atom is 0.154 e. The van der Waals surface area contributed by atoms with Gasteiger partial charge in [-0.2, -0.15) is 0 Å². The molecule has 0 fully saturated rings. The highest BCUT2D eigenvalue weighted by molar-refractivity contribution is 5.84. The van der Waals surface area contributed by atoms with Crippen LogP contribution in [0, 0.1) is 20.8 Å². The normalized spacial score (nSPS) is 10.0.